The lowest BCUT2D eigenvalue weighted by Gasteiger charge is -2.27. The molecule has 17 heteroatoms. The molecular weight excluding hydrogens is 523 g/mol. The van der Waals surface area contributed by atoms with Gasteiger partial charge < -0.3 is 31.2 Å². The predicted octanol–water partition coefficient (Wildman–Crippen LogP) is 0.0734. The molecule has 3 aromatic heterocycles. The minimum atomic E-state index is -3.93. The Morgan fingerprint density at radius 3 is 2.87 bits per heavy atom. The van der Waals surface area contributed by atoms with Gasteiger partial charge in [0.05, 0.1) is 25.2 Å². The van der Waals surface area contributed by atoms with Crippen molar-refractivity contribution in [3.05, 3.63) is 29.3 Å². The topological polar surface area (TPSA) is 232 Å². The van der Waals surface area contributed by atoms with Gasteiger partial charge in [0.25, 0.3) is 0 Å². The van der Waals surface area contributed by atoms with E-state index in [1.807, 2.05) is 0 Å². The lowest BCUT2D eigenvalue weighted by atomic mass is 9.96. The van der Waals surface area contributed by atoms with Crippen molar-refractivity contribution < 1.29 is 38.1 Å². The molecular formula is C21H27N8O8P. The molecule has 1 fully saturated rings. The smallest absolute Gasteiger partial charge is 0.406 e. The number of nitrogens with zero attached hydrogens (tertiary/aromatic N) is 5. The van der Waals surface area contributed by atoms with Crippen LogP contribution in [0.4, 0.5) is 11.8 Å². The van der Waals surface area contributed by atoms with E-state index in [9.17, 15) is 19.6 Å². The Labute approximate surface area is 215 Å². The molecule has 16 nitrogen and oxygen atoms in total. The number of aryl methyl sites for hydroxylation is 1. The SMILES string of the molecule is CC(=O)Oc1c(C)ncc2c1COP(=O)(OC[C@H]1O[C@@H](n3cnc4c(N)nc(N)nc43)[C@@](C)(O)[C@H]1O)NC2. The van der Waals surface area contributed by atoms with E-state index < -0.39 is 44.4 Å². The Morgan fingerprint density at radius 1 is 1.37 bits per heavy atom. The number of carbonyl (C=O) groups is 1. The van der Waals surface area contributed by atoms with Crippen LogP contribution in [0, 0.1) is 6.92 Å². The van der Waals surface area contributed by atoms with Gasteiger partial charge >= 0.3 is 13.7 Å². The highest BCUT2D eigenvalue weighted by Crippen LogP contribution is 2.49. The Morgan fingerprint density at radius 2 is 2.13 bits per heavy atom. The zero-order valence-electron chi connectivity index (χ0n) is 20.7. The molecule has 2 aliphatic rings. The van der Waals surface area contributed by atoms with Crippen molar-refractivity contribution >= 4 is 36.6 Å². The minimum Gasteiger partial charge on any atom is -0.424 e. The molecule has 1 unspecified atom stereocenters. The third kappa shape index (κ3) is 4.60. The van der Waals surface area contributed by atoms with Crippen LogP contribution < -0.4 is 21.3 Å². The fraction of sp³-hybridized carbons (Fsp3) is 0.476. The number of esters is 1. The van der Waals surface area contributed by atoms with Crippen LogP contribution in [0.2, 0.25) is 0 Å². The van der Waals surface area contributed by atoms with E-state index in [4.69, 9.17) is 30.0 Å². The molecule has 0 saturated carbocycles. The highest BCUT2D eigenvalue weighted by Gasteiger charge is 2.54. The highest BCUT2D eigenvalue weighted by atomic mass is 31.2. The molecule has 5 atom stereocenters. The average Bonchev–Trinajstić information content (AvgIpc) is 3.29. The summed E-state index contributed by atoms with van der Waals surface area (Å²) in [5.41, 5.74) is 11.8. The fourth-order valence-electron chi connectivity index (χ4n) is 4.40. The summed E-state index contributed by atoms with van der Waals surface area (Å²) < 4.78 is 37.1. The van der Waals surface area contributed by atoms with Gasteiger partial charge in [0, 0.05) is 25.2 Å². The van der Waals surface area contributed by atoms with Gasteiger partial charge in [-0.1, -0.05) is 0 Å². The van der Waals surface area contributed by atoms with Crippen LogP contribution >= 0.6 is 7.75 Å². The summed E-state index contributed by atoms with van der Waals surface area (Å²) in [6.07, 6.45) is -0.853. The van der Waals surface area contributed by atoms with Crippen molar-refractivity contribution in [3.63, 3.8) is 0 Å². The molecule has 1 saturated heterocycles. The van der Waals surface area contributed by atoms with Gasteiger partial charge in [0.2, 0.25) is 5.95 Å². The quantitative estimate of drug-likeness (QED) is 0.209. The second kappa shape index (κ2) is 9.50. The summed E-state index contributed by atoms with van der Waals surface area (Å²) in [6.45, 7) is 3.75. The molecule has 5 heterocycles. The summed E-state index contributed by atoms with van der Waals surface area (Å²) in [6, 6.07) is 0. The summed E-state index contributed by atoms with van der Waals surface area (Å²) in [5, 5.41) is 24.7. The summed E-state index contributed by atoms with van der Waals surface area (Å²) in [7, 11) is -3.93. The first-order chi connectivity index (χ1) is 17.9. The monoisotopic (exact) mass is 550 g/mol. The summed E-state index contributed by atoms with van der Waals surface area (Å²) >= 11 is 0. The van der Waals surface area contributed by atoms with Crippen LogP contribution in [0.5, 0.6) is 5.75 Å². The molecule has 0 aromatic carbocycles. The van der Waals surface area contributed by atoms with Gasteiger partial charge in [-0.25, -0.2) is 14.6 Å². The maximum Gasteiger partial charge on any atom is 0.406 e. The van der Waals surface area contributed by atoms with E-state index >= 15 is 0 Å². The van der Waals surface area contributed by atoms with E-state index in [0.717, 1.165) is 0 Å². The molecule has 5 rings (SSSR count). The third-order valence-corrected chi connectivity index (χ3v) is 7.88. The van der Waals surface area contributed by atoms with Gasteiger partial charge in [-0.2, -0.15) is 9.97 Å². The Hall–Kier alpha value is -3.24. The highest BCUT2D eigenvalue weighted by molar-refractivity contribution is 7.51. The zero-order valence-corrected chi connectivity index (χ0v) is 21.6. The van der Waals surface area contributed by atoms with Crippen molar-refractivity contribution in [1.29, 1.82) is 0 Å². The number of ether oxygens (including phenoxy) is 2. The number of aromatic nitrogens is 5. The Bertz CT molecular complexity index is 1460. The van der Waals surface area contributed by atoms with Crippen molar-refractivity contribution in [3.8, 4) is 5.75 Å². The number of imidazole rings is 1. The number of nitrogens with two attached hydrogens (primary N) is 2. The van der Waals surface area contributed by atoms with Crippen LogP contribution in [-0.2, 0) is 36.3 Å². The first kappa shape index (κ1) is 26.4. The summed E-state index contributed by atoms with van der Waals surface area (Å²) in [5.74, 6) is -0.359. The largest absolute Gasteiger partial charge is 0.424 e. The van der Waals surface area contributed by atoms with Gasteiger partial charge in [-0.05, 0) is 19.4 Å². The molecule has 38 heavy (non-hydrogen) atoms. The molecule has 0 spiro atoms. The van der Waals surface area contributed by atoms with E-state index in [-0.39, 0.29) is 41.8 Å². The number of aliphatic hydroxyl groups is 2. The standard InChI is InChI=1S/C21H27N8O8P/c1-9-15(36-10(2)30)12-6-34-38(33,26-5-11(12)4-24-9)35-7-13-16(31)21(3,32)19(37-13)29-8-25-14-17(22)27-20(23)28-18(14)29/h4,8,13,16,19,31-32H,5-7H2,1-3H3,(H,26,33)(H4,22,23,27,28)/t13-,16+,19-,21+,38?/m1/s1. The van der Waals surface area contributed by atoms with E-state index in [0.29, 0.717) is 16.8 Å². The lowest BCUT2D eigenvalue weighted by molar-refractivity contribution is -0.132. The van der Waals surface area contributed by atoms with Crippen molar-refractivity contribution in [1.82, 2.24) is 29.6 Å². The van der Waals surface area contributed by atoms with Crippen LogP contribution in [-0.4, -0.2) is 65.1 Å². The number of aliphatic hydroxyl groups excluding tert-OH is 1. The number of carbonyl (C=O) groups excluding carboxylic acids is 1. The second-order valence-electron chi connectivity index (χ2n) is 9.16. The van der Waals surface area contributed by atoms with Crippen molar-refractivity contribution in [2.24, 2.45) is 0 Å². The number of nitrogens with one attached hydrogen (secondary N) is 1. The number of pyridine rings is 1. The van der Waals surface area contributed by atoms with E-state index in [2.05, 4.69) is 25.0 Å². The molecule has 0 aliphatic carbocycles. The summed E-state index contributed by atoms with van der Waals surface area (Å²) in [4.78, 5) is 27.9. The van der Waals surface area contributed by atoms with E-state index in [1.54, 1.807) is 13.1 Å². The molecule has 2 aliphatic heterocycles. The molecule has 0 amide bonds. The minimum absolute atomic E-state index is 0.0438. The number of hydrogen-bond donors (Lipinski definition) is 5. The number of nitrogen functional groups attached to an aromatic ring is 2. The van der Waals surface area contributed by atoms with Crippen LogP contribution in [0.3, 0.4) is 0 Å². The second-order valence-corrected chi connectivity index (χ2v) is 11.0. The maximum atomic E-state index is 13.4. The van der Waals surface area contributed by atoms with Crippen LogP contribution in [0.1, 0.15) is 36.9 Å². The number of hydrogen-bond acceptors (Lipinski definition) is 14. The third-order valence-electron chi connectivity index (χ3n) is 6.37. The maximum absolute atomic E-state index is 13.4. The molecule has 204 valence electrons. The number of fused-ring (bicyclic) bond motifs is 2. The van der Waals surface area contributed by atoms with Gasteiger partial charge in [-0.15, -0.1) is 0 Å². The number of anilines is 2. The molecule has 7 N–H and O–H groups in total. The van der Waals surface area contributed by atoms with Gasteiger partial charge in [0.15, 0.2) is 23.4 Å². The average molecular weight is 550 g/mol. The normalized spacial score (nSPS) is 29.2. The lowest BCUT2D eigenvalue weighted by Crippen LogP contribution is -2.44. The Kier molecular flexibility index (Phi) is 6.59. The fourth-order valence-corrected chi connectivity index (χ4v) is 5.67. The predicted molar refractivity (Wildman–Crippen MR) is 130 cm³/mol. The van der Waals surface area contributed by atoms with Crippen LogP contribution in [0.15, 0.2) is 12.5 Å². The first-order valence-corrected chi connectivity index (χ1v) is 13.1. The van der Waals surface area contributed by atoms with E-state index in [1.165, 1.54) is 24.7 Å². The Balaban J connectivity index is 1.32. The van der Waals surface area contributed by atoms with Gasteiger partial charge in [-0.3, -0.25) is 23.4 Å². The molecule has 0 bridgehead atoms. The van der Waals surface area contributed by atoms with Gasteiger partial charge in [0.1, 0.15) is 23.3 Å². The van der Waals surface area contributed by atoms with Crippen LogP contribution in [0.25, 0.3) is 11.2 Å². The first-order valence-electron chi connectivity index (χ1n) is 11.5. The van der Waals surface area contributed by atoms with Crippen molar-refractivity contribution in [2.45, 2.75) is 58.0 Å². The molecule has 0 radical (unpaired) electrons. The molecule has 3 aromatic rings. The number of rotatable bonds is 5. The van der Waals surface area contributed by atoms with Crippen molar-refractivity contribution in [2.75, 3.05) is 18.1 Å². The zero-order chi connectivity index (χ0) is 27.4.